The molecule has 3 N–H and O–H groups in total. The molecular weight excluding hydrogens is 412 g/mol. The quantitative estimate of drug-likeness (QED) is 0.465. The molecule has 166 valence electrons. The fourth-order valence-corrected chi connectivity index (χ4v) is 5.25. The third-order valence-corrected chi connectivity index (χ3v) is 7.39. The number of H-pyrrole nitrogens is 1. The molecule has 0 radical (unpaired) electrons. The number of aryl methyl sites for hydroxylation is 1. The van der Waals surface area contributed by atoms with E-state index in [0.29, 0.717) is 31.0 Å². The first kappa shape index (κ1) is 22.8. The van der Waals surface area contributed by atoms with Gasteiger partial charge in [0.05, 0.1) is 22.7 Å². The van der Waals surface area contributed by atoms with Gasteiger partial charge in [0.25, 0.3) is 0 Å². The van der Waals surface area contributed by atoms with Crippen molar-refractivity contribution in [3.63, 3.8) is 0 Å². The Hall–Kier alpha value is -2.84. The van der Waals surface area contributed by atoms with E-state index in [9.17, 15) is 13.2 Å². The van der Waals surface area contributed by atoms with Gasteiger partial charge in [0.1, 0.15) is 0 Å². The molecule has 1 heterocycles. The number of amides is 1. The van der Waals surface area contributed by atoms with Gasteiger partial charge in [-0.3, -0.25) is 4.79 Å². The first-order valence-electron chi connectivity index (χ1n) is 10.6. The number of hydrogen-bond donors (Lipinski definition) is 3. The second kappa shape index (κ2) is 9.53. The summed E-state index contributed by atoms with van der Waals surface area (Å²) in [5.41, 5.74) is 4.01. The van der Waals surface area contributed by atoms with Crippen LogP contribution in [-0.4, -0.2) is 43.2 Å². The fraction of sp³-hybridized carbons (Fsp3) is 0.348. The average Bonchev–Trinajstić information content (AvgIpc) is 3.05. The summed E-state index contributed by atoms with van der Waals surface area (Å²) in [6, 6.07) is 12.7. The molecule has 0 fully saturated rings. The zero-order valence-electron chi connectivity index (χ0n) is 18.5. The van der Waals surface area contributed by atoms with Crippen LogP contribution in [0.4, 0.5) is 11.4 Å². The number of fused-ring (bicyclic) bond motifs is 1. The van der Waals surface area contributed by atoms with E-state index in [0.717, 1.165) is 22.2 Å². The Morgan fingerprint density at radius 2 is 1.74 bits per heavy atom. The molecular formula is C23H30N4O3S. The van der Waals surface area contributed by atoms with E-state index in [1.54, 1.807) is 26.0 Å². The summed E-state index contributed by atoms with van der Waals surface area (Å²) >= 11 is 0. The first-order valence-corrected chi connectivity index (χ1v) is 12.0. The van der Waals surface area contributed by atoms with Crippen molar-refractivity contribution in [3.8, 4) is 0 Å². The zero-order valence-corrected chi connectivity index (χ0v) is 19.3. The van der Waals surface area contributed by atoms with Crippen LogP contribution in [-0.2, 0) is 21.2 Å². The van der Waals surface area contributed by atoms with Crippen LogP contribution in [0.25, 0.3) is 10.9 Å². The SMILES string of the molecule is CCNc1ccc(S(=O)(=O)N(CC)CC)cc1NC(=O)Cc1c(C)[nH]c2ccccc12. The fourth-order valence-electron chi connectivity index (χ4n) is 3.76. The average molecular weight is 443 g/mol. The molecule has 7 nitrogen and oxygen atoms in total. The van der Waals surface area contributed by atoms with Crippen LogP contribution >= 0.6 is 0 Å². The Bertz CT molecular complexity index is 1180. The Balaban J connectivity index is 1.91. The molecule has 1 aromatic heterocycles. The van der Waals surface area contributed by atoms with Gasteiger partial charge in [0.2, 0.25) is 15.9 Å². The maximum atomic E-state index is 12.9. The van der Waals surface area contributed by atoms with Crippen LogP contribution in [0.3, 0.4) is 0 Å². The molecule has 3 aromatic rings. The number of sulfonamides is 1. The number of rotatable bonds is 9. The van der Waals surface area contributed by atoms with Crippen LogP contribution in [0.1, 0.15) is 32.0 Å². The maximum absolute atomic E-state index is 12.9. The normalized spacial score (nSPS) is 11.8. The number of aromatic nitrogens is 1. The third kappa shape index (κ3) is 4.75. The number of nitrogens with one attached hydrogen (secondary N) is 3. The summed E-state index contributed by atoms with van der Waals surface area (Å²) in [5.74, 6) is -0.204. The smallest absolute Gasteiger partial charge is 0.243 e. The lowest BCUT2D eigenvalue weighted by molar-refractivity contribution is -0.115. The number of nitrogens with zero attached hydrogens (tertiary/aromatic N) is 1. The molecule has 0 aliphatic heterocycles. The summed E-state index contributed by atoms with van der Waals surface area (Å²) in [6.45, 7) is 8.92. The first-order chi connectivity index (χ1) is 14.8. The Labute approximate surface area is 183 Å². The summed E-state index contributed by atoms with van der Waals surface area (Å²) < 4.78 is 27.3. The molecule has 2 aromatic carbocycles. The second-order valence-electron chi connectivity index (χ2n) is 7.33. The van der Waals surface area contributed by atoms with Crippen molar-refractivity contribution in [1.82, 2.24) is 9.29 Å². The predicted octanol–water partition coefficient (Wildman–Crippen LogP) is 4.12. The van der Waals surface area contributed by atoms with Crippen molar-refractivity contribution in [1.29, 1.82) is 0 Å². The van der Waals surface area contributed by atoms with Gasteiger partial charge in [0.15, 0.2) is 0 Å². The zero-order chi connectivity index (χ0) is 22.6. The van der Waals surface area contributed by atoms with Crippen LogP contribution < -0.4 is 10.6 Å². The molecule has 1 amide bonds. The molecule has 0 aliphatic carbocycles. The molecule has 0 aliphatic rings. The van der Waals surface area contributed by atoms with Crippen LogP contribution in [0.15, 0.2) is 47.4 Å². The number of benzene rings is 2. The Morgan fingerprint density at radius 1 is 1.03 bits per heavy atom. The van der Waals surface area contributed by atoms with Crippen molar-refractivity contribution in [2.45, 2.75) is 39.0 Å². The summed E-state index contributed by atoms with van der Waals surface area (Å²) in [6.07, 6.45) is 0.189. The highest BCUT2D eigenvalue weighted by Crippen LogP contribution is 2.28. The van der Waals surface area contributed by atoms with Gasteiger partial charge in [-0.2, -0.15) is 4.31 Å². The summed E-state index contributed by atoms with van der Waals surface area (Å²) in [4.78, 5) is 16.4. The minimum atomic E-state index is -3.63. The van der Waals surface area contributed by atoms with Gasteiger partial charge in [-0.05, 0) is 43.7 Å². The van der Waals surface area contributed by atoms with E-state index in [-0.39, 0.29) is 17.2 Å². The summed E-state index contributed by atoms with van der Waals surface area (Å²) in [7, 11) is -3.63. The van der Waals surface area contributed by atoms with E-state index in [2.05, 4.69) is 15.6 Å². The molecule has 0 bridgehead atoms. The van der Waals surface area contributed by atoms with E-state index in [4.69, 9.17) is 0 Å². The van der Waals surface area contributed by atoms with Gasteiger partial charge >= 0.3 is 0 Å². The lowest BCUT2D eigenvalue weighted by Crippen LogP contribution is -2.30. The van der Waals surface area contributed by atoms with Crippen LogP contribution in [0.5, 0.6) is 0 Å². The van der Waals surface area contributed by atoms with Gasteiger partial charge in [0, 0.05) is 36.2 Å². The van der Waals surface area contributed by atoms with Crippen molar-refractivity contribution in [3.05, 3.63) is 53.7 Å². The van der Waals surface area contributed by atoms with E-state index in [1.807, 2.05) is 38.1 Å². The van der Waals surface area contributed by atoms with E-state index < -0.39 is 10.0 Å². The molecule has 3 rings (SSSR count). The van der Waals surface area contributed by atoms with Crippen LogP contribution in [0, 0.1) is 6.92 Å². The number of aromatic amines is 1. The largest absolute Gasteiger partial charge is 0.384 e. The number of para-hydroxylation sites is 1. The van der Waals surface area contributed by atoms with Crippen molar-refractivity contribution in [2.24, 2.45) is 0 Å². The monoisotopic (exact) mass is 442 g/mol. The van der Waals surface area contributed by atoms with Gasteiger partial charge in [-0.1, -0.05) is 32.0 Å². The van der Waals surface area contributed by atoms with Crippen molar-refractivity contribution in [2.75, 3.05) is 30.3 Å². The molecule has 0 saturated carbocycles. The highest BCUT2D eigenvalue weighted by Gasteiger charge is 2.23. The minimum Gasteiger partial charge on any atom is -0.384 e. The lowest BCUT2D eigenvalue weighted by atomic mass is 10.1. The highest BCUT2D eigenvalue weighted by molar-refractivity contribution is 7.89. The minimum absolute atomic E-state index is 0.163. The lowest BCUT2D eigenvalue weighted by Gasteiger charge is -2.20. The van der Waals surface area contributed by atoms with Crippen molar-refractivity contribution >= 4 is 38.2 Å². The number of hydrogen-bond acceptors (Lipinski definition) is 4. The standard InChI is InChI=1S/C23H30N4O3S/c1-5-24-21-13-12-17(31(29,30)27(6-2)7-3)14-22(21)26-23(28)15-19-16(4)25-20-11-9-8-10-18(19)20/h8-14,24-25H,5-7,15H2,1-4H3,(H,26,28). The number of carbonyl (C=O) groups is 1. The topological polar surface area (TPSA) is 94.3 Å². The summed E-state index contributed by atoms with van der Waals surface area (Å²) in [5, 5.41) is 7.12. The molecule has 31 heavy (non-hydrogen) atoms. The third-order valence-electron chi connectivity index (χ3n) is 5.34. The number of carbonyl (C=O) groups excluding carboxylic acids is 1. The Morgan fingerprint density at radius 3 is 2.42 bits per heavy atom. The van der Waals surface area contributed by atoms with Crippen LogP contribution in [0.2, 0.25) is 0 Å². The molecule has 0 spiro atoms. The van der Waals surface area contributed by atoms with Crippen molar-refractivity contribution < 1.29 is 13.2 Å². The van der Waals surface area contributed by atoms with Gasteiger partial charge in [-0.15, -0.1) is 0 Å². The highest BCUT2D eigenvalue weighted by atomic mass is 32.2. The van der Waals surface area contributed by atoms with E-state index >= 15 is 0 Å². The number of anilines is 2. The maximum Gasteiger partial charge on any atom is 0.243 e. The second-order valence-corrected chi connectivity index (χ2v) is 9.26. The van der Waals surface area contributed by atoms with E-state index in [1.165, 1.54) is 10.4 Å². The predicted molar refractivity (Wildman–Crippen MR) is 126 cm³/mol. The Kier molecular flexibility index (Phi) is 7.02. The molecule has 8 heteroatoms. The van der Waals surface area contributed by atoms with Gasteiger partial charge < -0.3 is 15.6 Å². The molecule has 0 unspecified atom stereocenters. The molecule has 0 saturated heterocycles. The molecule has 0 atom stereocenters. The van der Waals surface area contributed by atoms with Gasteiger partial charge in [-0.25, -0.2) is 8.42 Å².